The molecule has 1 saturated heterocycles. The van der Waals surface area contributed by atoms with Crippen LogP contribution in [-0.2, 0) is 0 Å². The molecule has 2 aromatic heterocycles. The van der Waals surface area contributed by atoms with Crippen molar-refractivity contribution in [2.24, 2.45) is 0 Å². The van der Waals surface area contributed by atoms with Gasteiger partial charge in [-0.15, -0.1) is 11.3 Å². The predicted octanol–water partition coefficient (Wildman–Crippen LogP) is 2.57. The van der Waals surface area contributed by atoms with Crippen molar-refractivity contribution in [2.75, 3.05) is 37.8 Å². The number of aromatic nitrogens is 1. The largest absolute Gasteiger partial charge is 0.397 e. The Hall–Kier alpha value is -1.82. The maximum Gasteiger partial charge on any atom is 0.265 e. The fourth-order valence-electron chi connectivity index (χ4n) is 2.79. The Kier molecular flexibility index (Phi) is 3.71. The van der Waals surface area contributed by atoms with E-state index in [1.165, 1.54) is 30.6 Å². The van der Waals surface area contributed by atoms with E-state index in [9.17, 15) is 4.79 Å². The lowest BCUT2D eigenvalue weighted by Gasteiger charge is -2.29. The smallest absolute Gasteiger partial charge is 0.265 e. The van der Waals surface area contributed by atoms with Crippen molar-refractivity contribution >= 4 is 38.8 Å². The molecule has 21 heavy (non-hydrogen) atoms. The summed E-state index contributed by atoms with van der Waals surface area (Å²) in [5.74, 6) is -0.0555. The number of rotatable bonds is 2. The zero-order valence-electron chi connectivity index (χ0n) is 12.4. The summed E-state index contributed by atoms with van der Waals surface area (Å²) in [6.45, 7) is 2.09. The monoisotopic (exact) mass is 304 g/mol. The van der Waals surface area contributed by atoms with Crippen LogP contribution in [0.1, 0.15) is 28.9 Å². The Morgan fingerprint density at radius 2 is 2.05 bits per heavy atom. The number of amides is 1. The highest BCUT2D eigenvalue weighted by Gasteiger charge is 2.23. The zero-order valence-corrected chi connectivity index (χ0v) is 13.2. The van der Waals surface area contributed by atoms with Gasteiger partial charge in [0, 0.05) is 33.4 Å². The molecule has 0 radical (unpaired) electrons. The number of pyridine rings is 1. The van der Waals surface area contributed by atoms with Gasteiger partial charge < -0.3 is 15.5 Å². The van der Waals surface area contributed by atoms with Crippen LogP contribution in [0.5, 0.6) is 0 Å². The summed E-state index contributed by atoms with van der Waals surface area (Å²) in [4.78, 5) is 22.0. The Labute approximate surface area is 128 Å². The second kappa shape index (κ2) is 5.52. The summed E-state index contributed by atoms with van der Waals surface area (Å²) in [7, 11) is 3.48. The standard InChI is InChI=1S/C15H20N4OS/c1-18(2)15(20)13-12(16)11-10(6-7-17-14(11)21-13)19-8-4-3-5-9-19/h6-7H,3-5,8-9,16H2,1-2H3. The number of thiophene rings is 1. The van der Waals surface area contributed by atoms with Crippen molar-refractivity contribution in [3.05, 3.63) is 17.1 Å². The van der Waals surface area contributed by atoms with Gasteiger partial charge in [-0.05, 0) is 25.3 Å². The molecule has 5 nitrogen and oxygen atoms in total. The molecule has 0 spiro atoms. The number of hydrogen-bond donors (Lipinski definition) is 1. The fourth-order valence-corrected chi connectivity index (χ4v) is 3.89. The first-order valence-corrected chi connectivity index (χ1v) is 8.05. The lowest BCUT2D eigenvalue weighted by atomic mass is 10.1. The number of carbonyl (C=O) groups is 1. The number of hydrogen-bond acceptors (Lipinski definition) is 5. The Balaban J connectivity index is 2.12. The molecule has 112 valence electrons. The van der Waals surface area contributed by atoms with E-state index in [1.54, 1.807) is 19.0 Å². The quantitative estimate of drug-likeness (QED) is 0.926. The van der Waals surface area contributed by atoms with Crippen LogP contribution in [0.2, 0.25) is 0 Å². The number of piperidine rings is 1. The third-order valence-corrected chi connectivity index (χ3v) is 5.01. The minimum absolute atomic E-state index is 0.0555. The molecule has 1 amide bonds. The van der Waals surface area contributed by atoms with E-state index in [-0.39, 0.29) is 5.91 Å². The second-order valence-corrected chi connectivity index (χ2v) is 6.60. The van der Waals surface area contributed by atoms with Gasteiger partial charge >= 0.3 is 0 Å². The zero-order chi connectivity index (χ0) is 15.0. The molecule has 2 N–H and O–H groups in total. The first-order valence-electron chi connectivity index (χ1n) is 7.23. The summed E-state index contributed by atoms with van der Waals surface area (Å²) >= 11 is 1.38. The van der Waals surface area contributed by atoms with Crippen molar-refractivity contribution in [1.29, 1.82) is 0 Å². The summed E-state index contributed by atoms with van der Waals surface area (Å²) in [5.41, 5.74) is 7.97. The van der Waals surface area contributed by atoms with E-state index in [2.05, 4.69) is 9.88 Å². The molecule has 0 aromatic carbocycles. The van der Waals surface area contributed by atoms with Gasteiger partial charge in [-0.3, -0.25) is 4.79 Å². The molecule has 1 fully saturated rings. The Morgan fingerprint density at radius 3 is 2.71 bits per heavy atom. The number of carbonyl (C=O) groups excluding carboxylic acids is 1. The summed E-state index contributed by atoms with van der Waals surface area (Å²) in [6, 6.07) is 2.01. The summed E-state index contributed by atoms with van der Waals surface area (Å²) < 4.78 is 0. The van der Waals surface area contributed by atoms with Gasteiger partial charge in [-0.1, -0.05) is 0 Å². The van der Waals surface area contributed by atoms with E-state index < -0.39 is 0 Å². The highest BCUT2D eigenvalue weighted by Crippen LogP contribution is 2.39. The molecule has 1 aliphatic rings. The summed E-state index contributed by atoms with van der Waals surface area (Å²) in [5, 5.41) is 0.939. The van der Waals surface area contributed by atoms with Gasteiger partial charge in [-0.25, -0.2) is 4.98 Å². The average Bonchev–Trinajstić information content (AvgIpc) is 2.84. The number of nitrogen functional groups attached to an aromatic ring is 1. The second-order valence-electron chi connectivity index (χ2n) is 5.60. The van der Waals surface area contributed by atoms with E-state index in [4.69, 9.17) is 5.73 Å². The van der Waals surface area contributed by atoms with Crippen LogP contribution in [0.4, 0.5) is 11.4 Å². The lowest BCUT2D eigenvalue weighted by Crippen LogP contribution is -2.29. The number of anilines is 2. The normalized spacial score (nSPS) is 15.4. The van der Waals surface area contributed by atoms with Crippen LogP contribution in [0, 0.1) is 0 Å². The molecule has 2 aromatic rings. The van der Waals surface area contributed by atoms with E-state index in [0.29, 0.717) is 10.6 Å². The highest BCUT2D eigenvalue weighted by molar-refractivity contribution is 7.21. The van der Waals surface area contributed by atoms with Crippen molar-refractivity contribution < 1.29 is 4.79 Å². The Bertz CT molecular complexity index is 674. The fraction of sp³-hybridized carbons (Fsp3) is 0.467. The topological polar surface area (TPSA) is 62.5 Å². The van der Waals surface area contributed by atoms with Crippen LogP contribution in [0.25, 0.3) is 10.2 Å². The molecule has 0 aliphatic carbocycles. The lowest BCUT2D eigenvalue weighted by molar-refractivity contribution is 0.0833. The van der Waals surface area contributed by atoms with Crippen molar-refractivity contribution in [3.63, 3.8) is 0 Å². The molecular weight excluding hydrogens is 284 g/mol. The SMILES string of the molecule is CN(C)C(=O)c1sc2nccc(N3CCCCC3)c2c1N. The molecule has 0 saturated carbocycles. The Morgan fingerprint density at radius 1 is 1.33 bits per heavy atom. The first kappa shape index (κ1) is 14.1. The van der Waals surface area contributed by atoms with Gasteiger partial charge in [0.2, 0.25) is 0 Å². The molecule has 0 atom stereocenters. The molecule has 3 rings (SSSR count). The van der Waals surface area contributed by atoms with E-state index in [0.717, 1.165) is 29.0 Å². The maximum atomic E-state index is 12.2. The number of fused-ring (bicyclic) bond motifs is 1. The van der Waals surface area contributed by atoms with Gasteiger partial charge in [0.05, 0.1) is 16.8 Å². The van der Waals surface area contributed by atoms with Gasteiger partial charge in [0.1, 0.15) is 9.71 Å². The van der Waals surface area contributed by atoms with Crippen LogP contribution in [-0.4, -0.2) is 43.0 Å². The third-order valence-electron chi connectivity index (χ3n) is 3.90. The molecular formula is C15H20N4OS. The molecule has 6 heteroatoms. The molecule has 3 heterocycles. The maximum absolute atomic E-state index is 12.2. The minimum atomic E-state index is -0.0555. The molecule has 0 bridgehead atoms. The van der Waals surface area contributed by atoms with Gasteiger partial charge in [0.15, 0.2) is 0 Å². The van der Waals surface area contributed by atoms with Crippen molar-refractivity contribution in [3.8, 4) is 0 Å². The highest BCUT2D eigenvalue weighted by atomic mass is 32.1. The first-order chi connectivity index (χ1) is 10.1. The minimum Gasteiger partial charge on any atom is -0.397 e. The van der Waals surface area contributed by atoms with Crippen molar-refractivity contribution in [1.82, 2.24) is 9.88 Å². The molecule has 0 unspecified atom stereocenters. The molecule has 1 aliphatic heterocycles. The van der Waals surface area contributed by atoms with E-state index in [1.807, 2.05) is 12.3 Å². The van der Waals surface area contributed by atoms with Crippen molar-refractivity contribution in [2.45, 2.75) is 19.3 Å². The van der Waals surface area contributed by atoms with Gasteiger partial charge in [0.25, 0.3) is 5.91 Å². The number of nitrogens with zero attached hydrogens (tertiary/aromatic N) is 3. The average molecular weight is 304 g/mol. The predicted molar refractivity (Wildman–Crippen MR) is 88.1 cm³/mol. The summed E-state index contributed by atoms with van der Waals surface area (Å²) in [6.07, 6.45) is 5.51. The number of nitrogens with two attached hydrogens (primary N) is 1. The van der Waals surface area contributed by atoms with Crippen LogP contribution in [0.15, 0.2) is 12.3 Å². The van der Waals surface area contributed by atoms with E-state index >= 15 is 0 Å². The van der Waals surface area contributed by atoms with Gasteiger partial charge in [-0.2, -0.15) is 0 Å². The third kappa shape index (κ3) is 2.44. The van der Waals surface area contributed by atoms with Crippen LogP contribution < -0.4 is 10.6 Å². The van der Waals surface area contributed by atoms with Crippen LogP contribution >= 0.6 is 11.3 Å². The van der Waals surface area contributed by atoms with Crippen LogP contribution in [0.3, 0.4) is 0 Å².